The number of thiocarbonyl (C=S) groups is 1. The van der Waals surface area contributed by atoms with Crippen LogP contribution in [0.2, 0.25) is 0 Å². The van der Waals surface area contributed by atoms with Crippen LogP contribution >= 0.6 is 28.1 Å². The average molecular weight is 441 g/mol. The van der Waals surface area contributed by atoms with Crippen molar-refractivity contribution in [3.05, 3.63) is 58.6 Å². The lowest BCUT2D eigenvalue weighted by Gasteiger charge is -2.13. The van der Waals surface area contributed by atoms with E-state index in [1.165, 1.54) is 26.2 Å². The van der Waals surface area contributed by atoms with E-state index in [0.717, 1.165) is 14.3 Å². The van der Waals surface area contributed by atoms with Crippen molar-refractivity contribution in [3.63, 3.8) is 0 Å². The quantitative estimate of drug-likeness (QED) is 0.424. The number of halogens is 1. The number of rotatable bonds is 5. The molecule has 0 aliphatic rings. The molecular formula is C16H17BrN4O2S2. The van der Waals surface area contributed by atoms with Crippen molar-refractivity contribution >= 4 is 55.2 Å². The molecule has 0 spiro atoms. The average Bonchev–Trinajstić information content (AvgIpc) is 2.55. The molecule has 2 rings (SSSR count). The van der Waals surface area contributed by atoms with E-state index in [4.69, 9.17) is 12.2 Å². The van der Waals surface area contributed by atoms with Crippen LogP contribution < -0.4 is 10.7 Å². The van der Waals surface area contributed by atoms with Gasteiger partial charge >= 0.3 is 0 Å². The molecule has 6 nitrogen and oxygen atoms in total. The van der Waals surface area contributed by atoms with Gasteiger partial charge in [-0.15, -0.1) is 0 Å². The fraction of sp³-hybridized carbons (Fsp3) is 0.125. The molecule has 0 fully saturated rings. The molecule has 0 bridgehead atoms. The maximum absolute atomic E-state index is 12.1. The maximum atomic E-state index is 12.1. The molecule has 132 valence electrons. The third kappa shape index (κ3) is 5.60. The van der Waals surface area contributed by atoms with E-state index >= 15 is 0 Å². The Morgan fingerprint density at radius 2 is 1.92 bits per heavy atom. The first-order valence-corrected chi connectivity index (χ1v) is 9.81. The van der Waals surface area contributed by atoms with Crippen molar-refractivity contribution in [1.82, 2.24) is 9.73 Å². The van der Waals surface area contributed by atoms with Gasteiger partial charge < -0.3 is 5.32 Å². The van der Waals surface area contributed by atoms with E-state index in [1.807, 2.05) is 24.3 Å². The second-order valence-electron chi connectivity index (χ2n) is 5.19. The summed E-state index contributed by atoms with van der Waals surface area (Å²) >= 11 is 8.55. The monoisotopic (exact) mass is 440 g/mol. The highest BCUT2D eigenvalue weighted by Crippen LogP contribution is 2.17. The molecule has 2 aromatic rings. The third-order valence-electron chi connectivity index (χ3n) is 3.10. The van der Waals surface area contributed by atoms with Gasteiger partial charge in [-0.05, 0) is 48.1 Å². The highest BCUT2D eigenvalue weighted by molar-refractivity contribution is 9.10. The summed E-state index contributed by atoms with van der Waals surface area (Å²) in [6.07, 6.45) is 1.63. The second kappa shape index (κ2) is 8.52. The Labute approximate surface area is 161 Å². The maximum Gasteiger partial charge on any atom is 0.242 e. The lowest BCUT2D eigenvalue weighted by atomic mass is 10.2. The minimum atomic E-state index is -3.50. The van der Waals surface area contributed by atoms with Crippen molar-refractivity contribution in [2.75, 3.05) is 19.4 Å². The minimum absolute atomic E-state index is 0.183. The lowest BCUT2D eigenvalue weighted by molar-refractivity contribution is 0.521. The van der Waals surface area contributed by atoms with E-state index < -0.39 is 10.0 Å². The Morgan fingerprint density at radius 1 is 1.20 bits per heavy atom. The molecule has 0 aliphatic heterocycles. The molecule has 0 atom stereocenters. The number of sulfonamides is 1. The molecule has 0 saturated carbocycles. The molecule has 0 amide bonds. The van der Waals surface area contributed by atoms with Crippen molar-refractivity contribution in [2.45, 2.75) is 4.90 Å². The first-order valence-electron chi connectivity index (χ1n) is 7.17. The smallest absolute Gasteiger partial charge is 0.242 e. The van der Waals surface area contributed by atoms with Crippen LogP contribution in [0, 0.1) is 0 Å². The number of hydrogen-bond donors (Lipinski definition) is 2. The van der Waals surface area contributed by atoms with Gasteiger partial charge in [-0.3, -0.25) is 5.43 Å². The van der Waals surface area contributed by atoms with Gasteiger partial charge in [0.05, 0.1) is 11.1 Å². The molecule has 9 heteroatoms. The standard InChI is InChI=1S/C16H17BrN4O2S2/c1-21(2)25(22,23)15-8-4-7-14(10-15)19-16(24)20-18-11-12-5-3-6-13(17)9-12/h3-11H,1-2H3,(H2,19,20,24)/b18-11+. The van der Waals surface area contributed by atoms with Gasteiger partial charge in [-0.2, -0.15) is 5.10 Å². The molecule has 0 heterocycles. The summed E-state index contributed by atoms with van der Waals surface area (Å²) in [6, 6.07) is 14.1. The van der Waals surface area contributed by atoms with E-state index in [9.17, 15) is 8.42 Å². The normalized spacial score (nSPS) is 11.7. The highest BCUT2D eigenvalue weighted by Gasteiger charge is 2.17. The Kier molecular flexibility index (Phi) is 6.65. The Hall–Kier alpha value is -1.81. The molecule has 0 aliphatic carbocycles. The van der Waals surface area contributed by atoms with Crippen molar-refractivity contribution in [1.29, 1.82) is 0 Å². The molecule has 0 radical (unpaired) electrons. The first kappa shape index (κ1) is 19.5. The van der Waals surface area contributed by atoms with Crippen LogP contribution in [-0.4, -0.2) is 38.1 Å². The zero-order valence-electron chi connectivity index (χ0n) is 13.6. The van der Waals surface area contributed by atoms with Gasteiger partial charge in [0.2, 0.25) is 10.0 Å². The van der Waals surface area contributed by atoms with Crippen molar-refractivity contribution in [2.24, 2.45) is 5.10 Å². The number of nitrogens with one attached hydrogen (secondary N) is 2. The molecule has 0 aromatic heterocycles. The summed E-state index contributed by atoms with van der Waals surface area (Å²) in [6.45, 7) is 0. The van der Waals surface area contributed by atoms with Gasteiger partial charge in [0.15, 0.2) is 5.11 Å². The second-order valence-corrected chi connectivity index (χ2v) is 8.67. The zero-order valence-corrected chi connectivity index (χ0v) is 16.8. The Bertz CT molecular complexity index is 899. The van der Waals surface area contributed by atoms with Crippen LogP contribution in [0.25, 0.3) is 0 Å². The van der Waals surface area contributed by atoms with Gasteiger partial charge in [0, 0.05) is 24.3 Å². The molecule has 25 heavy (non-hydrogen) atoms. The first-order chi connectivity index (χ1) is 11.8. The van der Waals surface area contributed by atoms with Crippen molar-refractivity contribution < 1.29 is 8.42 Å². The Morgan fingerprint density at radius 3 is 2.60 bits per heavy atom. The lowest BCUT2D eigenvalue weighted by Crippen LogP contribution is -2.25. The molecule has 0 unspecified atom stereocenters. The molecule has 2 aromatic carbocycles. The number of nitrogens with zero attached hydrogens (tertiary/aromatic N) is 2. The summed E-state index contributed by atoms with van der Waals surface area (Å²) in [5, 5.41) is 7.21. The van der Waals surface area contributed by atoms with E-state index in [0.29, 0.717) is 5.69 Å². The summed E-state index contributed by atoms with van der Waals surface area (Å²) in [4.78, 5) is 0.183. The largest absolute Gasteiger partial charge is 0.331 e. The van der Waals surface area contributed by atoms with Gasteiger partial charge in [0.1, 0.15) is 0 Å². The fourth-order valence-electron chi connectivity index (χ4n) is 1.86. The summed E-state index contributed by atoms with van der Waals surface area (Å²) < 4.78 is 26.4. The van der Waals surface area contributed by atoms with E-state index in [-0.39, 0.29) is 10.0 Å². The molecule has 2 N–H and O–H groups in total. The SMILES string of the molecule is CN(C)S(=O)(=O)c1cccc(NC(=S)N/N=C/c2cccc(Br)c2)c1. The van der Waals surface area contributed by atoms with Gasteiger partial charge in [0.25, 0.3) is 0 Å². The van der Waals surface area contributed by atoms with Crippen LogP contribution in [0.15, 0.2) is 63.0 Å². The van der Waals surface area contributed by atoms with Gasteiger partial charge in [-0.1, -0.05) is 34.1 Å². The van der Waals surface area contributed by atoms with E-state index in [2.05, 4.69) is 31.8 Å². The summed E-state index contributed by atoms with van der Waals surface area (Å²) in [7, 11) is -0.528. The topological polar surface area (TPSA) is 73.8 Å². The molecule has 0 saturated heterocycles. The highest BCUT2D eigenvalue weighted by atomic mass is 79.9. The predicted molar refractivity (Wildman–Crippen MR) is 108 cm³/mol. The Balaban J connectivity index is 2.01. The molecular weight excluding hydrogens is 424 g/mol. The van der Waals surface area contributed by atoms with Gasteiger partial charge in [-0.25, -0.2) is 12.7 Å². The van der Waals surface area contributed by atoms with Crippen LogP contribution in [0.3, 0.4) is 0 Å². The number of hydrogen-bond acceptors (Lipinski definition) is 4. The summed E-state index contributed by atoms with van der Waals surface area (Å²) in [5.41, 5.74) is 4.15. The van der Waals surface area contributed by atoms with Crippen LogP contribution in [0.4, 0.5) is 5.69 Å². The minimum Gasteiger partial charge on any atom is -0.331 e. The van der Waals surface area contributed by atoms with Crippen LogP contribution in [-0.2, 0) is 10.0 Å². The zero-order chi connectivity index (χ0) is 18.4. The number of benzene rings is 2. The van der Waals surface area contributed by atoms with Crippen molar-refractivity contribution in [3.8, 4) is 0 Å². The number of anilines is 1. The van der Waals surface area contributed by atoms with E-state index in [1.54, 1.807) is 18.3 Å². The fourth-order valence-corrected chi connectivity index (χ4v) is 3.39. The van der Waals surface area contributed by atoms with Crippen LogP contribution in [0.1, 0.15) is 5.56 Å². The predicted octanol–water partition coefficient (Wildman–Crippen LogP) is 3.02. The van der Waals surface area contributed by atoms with Crippen LogP contribution in [0.5, 0.6) is 0 Å². The summed E-state index contributed by atoms with van der Waals surface area (Å²) in [5.74, 6) is 0. The number of hydrazone groups is 1. The third-order valence-corrected chi connectivity index (χ3v) is 5.60.